The summed E-state index contributed by atoms with van der Waals surface area (Å²) in [6.45, 7) is 4.45. The molecule has 0 radical (unpaired) electrons. The lowest BCUT2D eigenvalue weighted by molar-refractivity contribution is -0.132. The Bertz CT molecular complexity index is 771. The molecule has 1 saturated heterocycles. The van der Waals surface area contributed by atoms with E-state index in [1.54, 1.807) is 0 Å². The van der Waals surface area contributed by atoms with Crippen LogP contribution in [0.3, 0.4) is 0 Å². The second-order valence-electron chi connectivity index (χ2n) is 6.83. The third kappa shape index (κ3) is 4.54. The number of amides is 2. The average molecular weight is 362 g/mol. The van der Waals surface area contributed by atoms with Gasteiger partial charge >= 0.3 is 0 Å². The fourth-order valence-corrected chi connectivity index (χ4v) is 3.55. The van der Waals surface area contributed by atoms with Gasteiger partial charge in [-0.3, -0.25) is 9.59 Å². The molecule has 2 amide bonds. The van der Waals surface area contributed by atoms with E-state index in [0.717, 1.165) is 30.4 Å². The van der Waals surface area contributed by atoms with Crippen molar-refractivity contribution in [2.75, 3.05) is 19.6 Å². The quantitative estimate of drug-likeness (QED) is 0.889. The molecule has 1 N–H and O–H groups in total. The van der Waals surface area contributed by atoms with Crippen LogP contribution in [0.25, 0.3) is 10.9 Å². The van der Waals surface area contributed by atoms with Gasteiger partial charge in [-0.2, -0.15) is 0 Å². The minimum atomic E-state index is -0.0997. The number of hydrogen-bond donors (Lipinski definition) is 1. The van der Waals surface area contributed by atoms with E-state index in [1.807, 2.05) is 39.9 Å². The number of carbonyl (C=O) groups excluding carboxylic acids is 2. The zero-order chi connectivity index (χ0) is 17.8. The number of aromatic nitrogens is 1. The maximum atomic E-state index is 12.2. The van der Waals surface area contributed by atoms with Crippen LogP contribution in [-0.2, 0) is 16.1 Å². The predicted molar refractivity (Wildman–Crippen MR) is 99.6 cm³/mol. The number of fused-ring (bicyclic) bond motifs is 1. The number of likely N-dealkylation sites (tertiary alicyclic amines) is 1. The zero-order valence-electron chi connectivity index (χ0n) is 14.5. The molecule has 1 aliphatic heterocycles. The Hall–Kier alpha value is -2.01. The van der Waals surface area contributed by atoms with Crippen molar-refractivity contribution in [1.29, 1.82) is 0 Å². The van der Waals surface area contributed by atoms with E-state index in [1.165, 1.54) is 6.42 Å². The van der Waals surface area contributed by atoms with Crippen LogP contribution in [0.1, 0.15) is 26.2 Å². The molecule has 6 heteroatoms. The SMILES string of the molecule is CC1CCCN(C(=O)CCNC(=O)Cn2ccc3ccc(Cl)cc32)C1. The third-order valence-electron chi connectivity index (χ3n) is 4.72. The molecule has 2 aromatic rings. The first-order valence-electron chi connectivity index (χ1n) is 8.82. The Labute approximate surface area is 152 Å². The van der Waals surface area contributed by atoms with Gasteiger partial charge < -0.3 is 14.8 Å². The Morgan fingerprint density at radius 1 is 1.32 bits per heavy atom. The van der Waals surface area contributed by atoms with Gasteiger partial charge in [0, 0.05) is 42.8 Å². The van der Waals surface area contributed by atoms with E-state index < -0.39 is 0 Å². The van der Waals surface area contributed by atoms with Crippen LogP contribution in [0, 0.1) is 5.92 Å². The van der Waals surface area contributed by atoms with Crippen molar-refractivity contribution < 1.29 is 9.59 Å². The first-order chi connectivity index (χ1) is 12.0. The highest BCUT2D eigenvalue weighted by molar-refractivity contribution is 6.31. The summed E-state index contributed by atoms with van der Waals surface area (Å²) < 4.78 is 1.87. The van der Waals surface area contributed by atoms with Gasteiger partial charge in [-0.25, -0.2) is 0 Å². The molecule has 0 spiro atoms. The van der Waals surface area contributed by atoms with Gasteiger partial charge in [0.05, 0.1) is 0 Å². The average Bonchev–Trinajstić information content (AvgIpc) is 2.97. The number of hydrogen-bond acceptors (Lipinski definition) is 2. The summed E-state index contributed by atoms with van der Waals surface area (Å²) >= 11 is 6.03. The smallest absolute Gasteiger partial charge is 0.239 e. The van der Waals surface area contributed by atoms with Crippen molar-refractivity contribution in [2.24, 2.45) is 5.92 Å². The molecule has 5 nitrogen and oxygen atoms in total. The molecule has 0 aliphatic carbocycles. The summed E-state index contributed by atoms with van der Waals surface area (Å²) in [7, 11) is 0. The zero-order valence-corrected chi connectivity index (χ0v) is 15.3. The lowest BCUT2D eigenvalue weighted by atomic mass is 10.00. The Kier molecular flexibility index (Phi) is 5.63. The van der Waals surface area contributed by atoms with Crippen molar-refractivity contribution in [3.63, 3.8) is 0 Å². The molecule has 1 aliphatic rings. The summed E-state index contributed by atoms with van der Waals surface area (Å²) in [5.74, 6) is 0.600. The molecule has 0 saturated carbocycles. The topological polar surface area (TPSA) is 54.3 Å². The van der Waals surface area contributed by atoms with E-state index in [-0.39, 0.29) is 18.4 Å². The number of rotatable bonds is 5. The lowest BCUT2D eigenvalue weighted by Crippen LogP contribution is -2.40. The Morgan fingerprint density at radius 3 is 2.96 bits per heavy atom. The molecule has 1 fully saturated rings. The molecule has 3 rings (SSSR count). The van der Waals surface area contributed by atoms with Gasteiger partial charge in [-0.1, -0.05) is 24.6 Å². The van der Waals surface area contributed by atoms with Crippen LogP contribution in [0.4, 0.5) is 0 Å². The van der Waals surface area contributed by atoms with E-state index in [0.29, 0.717) is 23.9 Å². The Balaban J connectivity index is 1.48. The van der Waals surface area contributed by atoms with Crippen LogP contribution < -0.4 is 5.32 Å². The monoisotopic (exact) mass is 361 g/mol. The van der Waals surface area contributed by atoms with Crippen LogP contribution in [0.15, 0.2) is 30.5 Å². The van der Waals surface area contributed by atoms with Crippen LogP contribution in [0.5, 0.6) is 0 Å². The van der Waals surface area contributed by atoms with Crippen LogP contribution in [-0.4, -0.2) is 40.9 Å². The first-order valence-corrected chi connectivity index (χ1v) is 9.19. The molecule has 1 aromatic carbocycles. The first kappa shape index (κ1) is 17.8. The molecular formula is C19H24ClN3O2. The number of piperidine rings is 1. The number of carbonyl (C=O) groups is 2. The molecule has 1 atom stereocenters. The molecule has 0 bridgehead atoms. The van der Waals surface area contributed by atoms with E-state index in [2.05, 4.69) is 12.2 Å². The maximum absolute atomic E-state index is 12.2. The van der Waals surface area contributed by atoms with Gasteiger partial charge in [0.1, 0.15) is 6.54 Å². The lowest BCUT2D eigenvalue weighted by Gasteiger charge is -2.31. The molecule has 1 aromatic heterocycles. The predicted octanol–water partition coefficient (Wildman–Crippen LogP) is 3.06. The summed E-state index contributed by atoms with van der Waals surface area (Å²) in [6, 6.07) is 7.58. The van der Waals surface area contributed by atoms with E-state index >= 15 is 0 Å². The second-order valence-corrected chi connectivity index (χ2v) is 7.27. The van der Waals surface area contributed by atoms with Gasteiger partial charge in [0.2, 0.25) is 11.8 Å². The largest absolute Gasteiger partial charge is 0.354 e. The van der Waals surface area contributed by atoms with Crippen LogP contribution >= 0.6 is 11.6 Å². The van der Waals surface area contributed by atoms with E-state index in [9.17, 15) is 9.59 Å². The van der Waals surface area contributed by atoms with E-state index in [4.69, 9.17) is 11.6 Å². The summed E-state index contributed by atoms with van der Waals surface area (Å²) in [4.78, 5) is 26.3. The highest BCUT2D eigenvalue weighted by Gasteiger charge is 2.20. The molecule has 2 heterocycles. The minimum absolute atomic E-state index is 0.0997. The summed E-state index contributed by atoms with van der Waals surface area (Å²) in [5, 5.41) is 4.54. The number of nitrogens with one attached hydrogen (secondary N) is 1. The fraction of sp³-hybridized carbons (Fsp3) is 0.474. The van der Waals surface area contributed by atoms with Crippen molar-refractivity contribution in [2.45, 2.75) is 32.7 Å². The second kappa shape index (κ2) is 7.91. The van der Waals surface area contributed by atoms with Gasteiger partial charge in [-0.15, -0.1) is 0 Å². The summed E-state index contributed by atoms with van der Waals surface area (Å²) in [6.07, 6.45) is 4.50. The normalized spacial score (nSPS) is 17.7. The van der Waals surface area contributed by atoms with Crippen molar-refractivity contribution in [1.82, 2.24) is 14.8 Å². The Morgan fingerprint density at radius 2 is 2.16 bits per heavy atom. The summed E-state index contributed by atoms with van der Waals surface area (Å²) in [5.41, 5.74) is 0.932. The molecule has 134 valence electrons. The van der Waals surface area contributed by atoms with Gasteiger partial charge in [0.15, 0.2) is 0 Å². The number of benzene rings is 1. The van der Waals surface area contributed by atoms with Crippen molar-refractivity contribution in [3.8, 4) is 0 Å². The molecular weight excluding hydrogens is 338 g/mol. The minimum Gasteiger partial charge on any atom is -0.354 e. The highest BCUT2D eigenvalue weighted by Crippen LogP contribution is 2.20. The maximum Gasteiger partial charge on any atom is 0.239 e. The standard InChI is InChI=1S/C19H24ClN3O2/c1-14-3-2-9-23(12-14)19(25)6-8-21-18(24)13-22-10-7-15-4-5-16(20)11-17(15)22/h4-5,7,10-11,14H,2-3,6,8-9,12-13H2,1H3,(H,21,24). The number of nitrogens with zero attached hydrogens (tertiary/aromatic N) is 2. The van der Waals surface area contributed by atoms with Gasteiger partial charge in [0.25, 0.3) is 0 Å². The third-order valence-corrected chi connectivity index (χ3v) is 4.96. The number of halogens is 1. The molecule has 1 unspecified atom stereocenters. The van der Waals surface area contributed by atoms with Crippen LogP contribution in [0.2, 0.25) is 5.02 Å². The van der Waals surface area contributed by atoms with Crippen molar-refractivity contribution >= 4 is 34.3 Å². The highest BCUT2D eigenvalue weighted by atomic mass is 35.5. The fourth-order valence-electron chi connectivity index (χ4n) is 3.39. The molecule has 25 heavy (non-hydrogen) atoms. The van der Waals surface area contributed by atoms with Gasteiger partial charge in [-0.05, 0) is 42.3 Å². The van der Waals surface area contributed by atoms with Crippen molar-refractivity contribution in [3.05, 3.63) is 35.5 Å².